The number of pyridine rings is 1. The van der Waals surface area contributed by atoms with E-state index in [-0.39, 0.29) is 18.1 Å². The summed E-state index contributed by atoms with van der Waals surface area (Å²) in [6.45, 7) is 2.82. The fourth-order valence-corrected chi connectivity index (χ4v) is 4.03. The van der Waals surface area contributed by atoms with E-state index in [4.69, 9.17) is 31.5 Å². The molecule has 0 spiro atoms. The lowest BCUT2D eigenvalue weighted by molar-refractivity contribution is -0.130. The maximum atomic E-state index is 13.0. The molecule has 2 aliphatic rings. The van der Waals surface area contributed by atoms with Crippen LogP contribution in [-0.2, 0) is 14.3 Å². The molecule has 1 amide bonds. The molecule has 3 N–H and O–H groups in total. The number of ether oxygens (including phenoxy) is 3. The van der Waals surface area contributed by atoms with E-state index >= 15 is 0 Å². The first-order valence-electron chi connectivity index (χ1n) is 9.93. The van der Waals surface area contributed by atoms with Gasteiger partial charge in [0, 0.05) is 51.3 Å². The topological polar surface area (TPSA) is 98.9 Å². The normalized spacial score (nSPS) is 29.3. The van der Waals surface area contributed by atoms with Crippen LogP contribution in [0.25, 0.3) is 0 Å². The quantitative estimate of drug-likeness (QED) is 0.628. The molecule has 2 heterocycles. The number of amides is 1. The minimum absolute atomic E-state index is 0.157. The number of rotatable bonds is 8. The molecule has 0 radical (unpaired) electrons. The van der Waals surface area contributed by atoms with Crippen molar-refractivity contribution in [3.05, 3.63) is 47.8 Å². The average molecular weight is 437 g/mol. The maximum Gasteiger partial charge on any atom is 0.247 e. The Morgan fingerprint density at radius 3 is 2.83 bits per heavy atom. The van der Waals surface area contributed by atoms with Crippen LogP contribution in [-0.4, -0.2) is 80.0 Å². The first kappa shape index (κ1) is 22.7. The third-order valence-corrected chi connectivity index (χ3v) is 5.75. The summed E-state index contributed by atoms with van der Waals surface area (Å²) in [5, 5.41) is 3.46. The lowest BCUT2D eigenvalue weighted by Crippen LogP contribution is -2.65. The van der Waals surface area contributed by atoms with Crippen molar-refractivity contribution in [1.29, 1.82) is 0 Å². The van der Waals surface area contributed by atoms with E-state index in [1.807, 2.05) is 12.1 Å². The molecule has 0 saturated carbocycles. The zero-order valence-electron chi connectivity index (χ0n) is 17.3. The summed E-state index contributed by atoms with van der Waals surface area (Å²) in [5.41, 5.74) is 5.01. The highest BCUT2D eigenvalue weighted by molar-refractivity contribution is 6.31. The van der Waals surface area contributed by atoms with Gasteiger partial charge >= 0.3 is 0 Å². The molecule has 1 aromatic heterocycles. The van der Waals surface area contributed by atoms with Crippen molar-refractivity contribution in [2.45, 2.75) is 30.2 Å². The van der Waals surface area contributed by atoms with E-state index in [1.54, 1.807) is 31.7 Å². The molecule has 1 aromatic rings. The Labute approximate surface area is 182 Å². The second-order valence-electron chi connectivity index (χ2n) is 7.45. The molecule has 8 nitrogen and oxygen atoms in total. The van der Waals surface area contributed by atoms with E-state index in [0.29, 0.717) is 18.2 Å². The number of nitrogens with two attached hydrogens (primary N) is 1. The molecule has 2 unspecified atom stereocenters. The van der Waals surface area contributed by atoms with Crippen LogP contribution in [0.1, 0.15) is 6.42 Å². The summed E-state index contributed by atoms with van der Waals surface area (Å²) in [7, 11) is 3.17. The second kappa shape index (κ2) is 10.4. The van der Waals surface area contributed by atoms with Gasteiger partial charge in [0.1, 0.15) is 24.0 Å². The van der Waals surface area contributed by atoms with Crippen LogP contribution in [0.2, 0.25) is 0 Å². The zero-order chi connectivity index (χ0) is 21.6. The van der Waals surface area contributed by atoms with Crippen molar-refractivity contribution in [2.24, 2.45) is 5.73 Å². The molecule has 3 rings (SSSR count). The van der Waals surface area contributed by atoms with Crippen molar-refractivity contribution in [1.82, 2.24) is 15.2 Å². The predicted molar refractivity (Wildman–Crippen MR) is 114 cm³/mol. The Kier molecular flexibility index (Phi) is 7.85. The largest absolute Gasteiger partial charge is 0.492 e. The lowest BCUT2D eigenvalue weighted by atomic mass is 9.87. The van der Waals surface area contributed by atoms with Gasteiger partial charge in [0.15, 0.2) is 0 Å². The Hall–Kier alpha value is -1.97. The second-order valence-corrected chi connectivity index (χ2v) is 7.89. The highest BCUT2D eigenvalue weighted by Gasteiger charge is 2.43. The third kappa shape index (κ3) is 5.39. The van der Waals surface area contributed by atoms with Crippen molar-refractivity contribution < 1.29 is 19.0 Å². The first-order valence-corrected chi connectivity index (χ1v) is 10.3. The van der Waals surface area contributed by atoms with Crippen molar-refractivity contribution in [3.8, 4) is 5.75 Å². The number of carbonyl (C=O) groups excluding carboxylic acids is 1. The van der Waals surface area contributed by atoms with Gasteiger partial charge in [-0.2, -0.15) is 0 Å². The standard InChI is InChI=1S/C21H29ClN4O4/c1-28-18-14-26(11-12-30-16-5-8-24-9-6-16)10-7-17(18)25-20(27)21(23)13-15(22)3-4-19(21)29-2/h3-6,8-9,13,17-19H,7,10-12,14,23H2,1-2H3,(H,25,27)/t17-,18+,19?,21?/m0/s1. The van der Waals surface area contributed by atoms with E-state index in [9.17, 15) is 4.79 Å². The minimum atomic E-state index is -1.37. The van der Waals surface area contributed by atoms with Gasteiger partial charge in [0.25, 0.3) is 0 Å². The van der Waals surface area contributed by atoms with Gasteiger partial charge in [0.05, 0.1) is 12.1 Å². The molecular weight excluding hydrogens is 408 g/mol. The van der Waals surface area contributed by atoms with Crippen molar-refractivity contribution in [3.63, 3.8) is 0 Å². The number of piperidine rings is 1. The molecular formula is C21H29ClN4O4. The number of likely N-dealkylation sites (tertiary alicyclic amines) is 1. The zero-order valence-corrected chi connectivity index (χ0v) is 18.0. The van der Waals surface area contributed by atoms with Gasteiger partial charge in [-0.25, -0.2) is 0 Å². The number of methoxy groups -OCH3 is 2. The smallest absolute Gasteiger partial charge is 0.247 e. The number of nitrogens with one attached hydrogen (secondary N) is 1. The van der Waals surface area contributed by atoms with Crippen molar-refractivity contribution >= 4 is 17.5 Å². The highest BCUT2D eigenvalue weighted by atomic mass is 35.5. The average Bonchev–Trinajstić information content (AvgIpc) is 2.75. The molecule has 4 atom stereocenters. The molecule has 9 heteroatoms. The third-order valence-electron chi connectivity index (χ3n) is 5.51. The molecule has 1 saturated heterocycles. The molecule has 0 aromatic carbocycles. The summed E-state index contributed by atoms with van der Waals surface area (Å²) < 4.78 is 16.8. The van der Waals surface area contributed by atoms with E-state index in [0.717, 1.165) is 25.3 Å². The molecule has 164 valence electrons. The number of aromatic nitrogens is 1. The first-order chi connectivity index (χ1) is 14.5. The summed E-state index contributed by atoms with van der Waals surface area (Å²) in [4.78, 5) is 19.3. The molecule has 1 aliphatic carbocycles. The molecule has 0 bridgehead atoms. The Morgan fingerprint density at radius 1 is 1.37 bits per heavy atom. The van der Waals surface area contributed by atoms with Crippen LogP contribution in [0, 0.1) is 0 Å². The van der Waals surface area contributed by atoms with Crippen LogP contribution < -0.4 is 15.8 Å². The number of allylic oxidation sites excluding steroid dienone is 2. The van der Waals surface area contributed by atoms with E-state index < -0.39 is 11.6 Å². The molecule has 30 heavy (non-hydrogen) atoms. The maximum absolute atomic E-state index is 13.0. The van der Waals surface area contributed by atoms with Crippen LogP contribution >= 0.6 is 11.6 Å². The number of hydrogen-bond acceptors (Lipinski definition) is 7. The SMILES string of the molecule is COC1C=CC(Cl)=CC1(N)C(=O)N[C@H]1CCN(CCOc2ccncc2)C[C@H]1OC. The van der Waals surface area contributed by atoms with Gasteiger partial charge in [-0.3, -0.25) is 14.7 Å². The Balaban J connectivity index is 1.54. The predicted octanol–water partition coefficient (Wildman–Crippen LogP) is 1.07. The number of hydrogen-bond donors (Lipinski definition) is 2. The Bertz CT molecular complexity index is 776. The monoisotopic (exact) mass is 436 g/mol. The molecule has 1 fully saturated rings. The highest BCUT2D eigenvalue weighted by Crippen LogP contribution is 2.25. The van der Waals surface area contributed by atoms with Gasteiger partial charge in [-0.1, -0.05) is 17.7 Å². The summed E-state index contributed by atoms with van der Waals surface area (Å²) in [6, 6.07) is 3.50. The van der Waals surface area contributed by atoms with Gasteiger partial charge in [0.2, 0.25) is 5.91 Å². The fourth-order valence-electron chi connectivity index (χ4n) is 3.77. The summed E-state index contributed by atoms with van der Waals surface area (Å²) in [5.74, 6) is 0.461. The van der Waals surface area contributed by atoms with Crippen LogP contribution in [0.5, 0.6) is 5.75 Å². The fraction of sp³-hybridized carbons (Fsp3) is 0.524. The van der Waals surface area contributed by atoms with Crippen LogP contribution in [0.15, 0.2) is 47.8 Å². The van der Waals surface area contributed by atoms with E-state index in [1.165, 1.54) is 13.2 Å². The number of nitrogens with zero attached hydrogens (tertiary/aromatic N) is 2. The number of carbonyl (C=O) groups is 1. The van der Waals surface area contributed by atoms with Gasteiger partial charge in [-0.05, 0) is 30.7 Å². The summed E-state index contributed by atoms with van der Waals surface area (Å²) in [6.07, 6.45) is 8.30. The molecule has 1 aliphatic heterocycles. The lowest BCUT2D eigenvalue weighted by Gasteiger charge is -2.40. The van der Waals surface area contributed by atoms with Gasteiger partial charge < -0.3 is 25.3 Å². The number of halogens is 1. The van der Waals surface area contributed by atoms with Crippen LogP contribution in [0.4, 0.5) is 0 Å². The summed E-state index contributed by atoms with van der Waals surface area (Å²) >= 11 is 6.09. The van der Waals surface area contributed by atoms with Crippen LogP contribution in [0.3, 0.4) is 0 Å². The van der Waals surface area contributed by atoms with E-state index in [2.05, 4.69) is 15.2 Å². The van der Waals surface area contributed by atoms with Gasteiger partial charge in [-0.15, -0.1) is 0 Å². The van der Waals surface area contributed by atoms with Crippen molar-refractivity contribution in [2.75, 3.05) is 40.5 Å². The minimum Gasteiger partial charge on any atom is -0.492 e. The Morgan fingerprint density at radius 2 is 2.13 bits per heavy atom.